The third-order valence-corrected chi connectivity index (χ3v) is 12.5. The van der Waals surface area contributed by atoms with E-state index in [4.69, 9.17) is 19.9 Å². The van der Waals surface area contributed by atoms with Crippen molar-refractivity contribution >= 4 is 35.0 Å². The van der Waals surface area contributed by atoms with Crippen molar-refractivity contribution in [2.24, 2.45) is 23.7 Å². The lowest BCUT2D eigenvalue weighted by molar-refractivity contribution is -0.300. The van der Waals surface area contributed by atoms with E-state index < -0.39 is 103 Å². The fraction of sp³-hybridized carbons (Fsp3) is 0.537. The van der Waals surface area contributed by atoms with E-state index in [1.807, 2.05) is 75.5 Å². The van der Waals surface area contributed by atoms with Crippen LogP contribution in [0.4, 0.5) is 5.69 Å². The molecule has 1 saturated heterocycles. The largest absolute Gasteiger partial charge is 0.481 e. The van der Waals surface area contributed by atoms with Crippen molar-refractivity contribution in [1.29, 1.82) is 0 Å². The highest BCUT2D eigenvalue weighted by molar-refractivity contribution is 5.97. The number of allylic oxidation sites excluding steroid dienone is 12. The standard InChI is InChI=1S/C54H75NO15/c1-35-18-15-13-11-9-7-5-6-8-10-12-14-16-21-45(68-4)31-49-51(53(65)66)48(63)34-54(67,70-49)33-44(60)29-43(59)28-42(58)27-40(56)19-17-20-41(57)30-50(64)69-52(35)37(3)26-36(2)46(61)32-47(62)38-22-24-39(55)25-23-38/h5-16,18,21-25,35-37,42-46,48-49,51-52,58-61,63,67H,17,19-20,26-34,55H2,1-4H3,(H,65,66)/b6-5+,9-7+,10-8+,13-11+,14-12+,18-15+,21-16?. The van der Waals surface area contributed by atoms with E-state index in [-0.39, 0.29) is 74.9 Å². The minimum Gasteiger partial charge on any atom is -0.481 e. The molecule has 386 valence electrons. The zero-order chi connectivity index (χ0) is 51.8. The second-order valence-electron chi connectivity index (χ2n) is 18.7. The van der Waals surface area contributed by atoms with Gasteiger partial charge in [-0.1, -0.05) is 106 Å². The first-order valence-electron chi connectivity index (χ1n) is 24.1. The van der Waals surface area contributed by atoms with Crippen molar-refractivity contribution in [1.82, 2.24) is 0 Å². The van der Waals surface area contributed by atoms with Crippen molar-refractivity contribution in [3.8, 4) is 0 Å². The van der Waals surface area contributed by atoms with Gasteiger partial charge in [-0.3, -0.25) is 24.0 Å². The molecule has 1 fully saturated rings. The fourth-order valence-corrected chi connectivity index (χ4v) is 8.76. The van der Waals surface area contributed by atoms with Crippen molar-refractivity contribution in [2.75, 3.05) is 12.8 Å². The van der Waals surface area contributed by atoms with Gasteiger partial charge in [0.15, 0.2) is 11.6 Å². The van der Waals surface area contributed by atoms with Gasteiger partial charge in [-0.2, -0.15) is 0 Å². The average Bonchev–Trinajstić information content (AvgIpc) is 3.26. The van der Waals surface area contributed by atoms with E-state index in [1.165, 1.54) is 7.11 Å². The first-order valence-corrected chi connectivity index (χ1v) is 24.1. The van der Waals surface area contributed by atoms with Gasteiger partial charge >= 0.3 is 11.9 Å². The topological polar surface area (TPSA) is 281 Å². The number of nitrogen functional groups attached to an aromatic ring is 1. The van der Waals surface area contributed by atoms with E-state index >= 15 is 0 Å². The van der Waals surface area contributed by atoms with Crippen molar-refractivity contribution in [3.05, 3.63) is 115 Å². The summed E-state index contributed by atoms with van der Waals surface area (Å²) in [6, 6.07) is 6.47. The second-order valence-corrected chi connectivity index (χ2v) is 18.7. The van der Waals surface area contributed by atoms with Crippen LogP contribution in [0.5, 0.6) is 0 Å². The SMILES string of the molecule is COC1C=C/C=C/C=C/C=C/C=C/C=C/C=C/C(C)C(C(C)CC(C)C(O)CC(=O)c2ccc(N)cc2)OC(=O)CC(=O)CCCC(=O)CC(O)CC(O)CC(O)CC2(O)CC(O)C(C(=O)O)C(C1)O2. The number of carbonyl (C=O) groups is 5. The lowest BCUT2D eigenvalue weighted by atomic mass is 9.83. The number of hydrogen-bond donors (Lipinski definition) is 8. The summed E-state index contributed by atoms with van der Waals surface area (Å²) in [7, 11) is 1.42. The number of aliphatic hydroxyl groups is 6. The number of ether oxygens (including phenoxy) is 3. The molecule has 9 N–H and O–H groups in total. The minimum atomic E-state index is -2.17. The Bertz CT molecular complexity index is 2040. The number of carbonyl (C=O) groups excluding carboxylic acids is 4. The number of cyclic esters (lactones) is 1. The second kappa shape index (κ2) is 30.5. The molecule has 16 nitrogen and oxygen atoms in total. The monoisotopic (exact) mass is 978 g/mol. The minimum absolute atomic E-state index is 0.0612. The highest BCUT2D eigenvalue weighted by Crippen LogP contribution is 2.37. The van der Waals surface area contributed by atoms with Crippen LogP contribution in [-0.2, 0) is 33.4 Å². The summed E-state index contributed by atoms with van der Waals surface area (Å²) in [4.78, 5) is 64.0. The van der Waals surface area contributed by atoms with Gasteiger partial charge in [-0.15, -0.1) is 0 Å². The predicted octanol–water partition coefficient (Wildman–Crippen LogP) is 5.61. The lowest BCUT2D eigenvalue weighted by Crippen LogP contribution is -2.56. The van der Waals surface area contributed by atoms with Gasteiger partial charge in [-0.25, -0.2) is 0 Å². The molecule has 70 heavy (non-hydrogen) atoms. The summed E-state index contributed by atoms with van der Waals surface area (Å²) >= 11 is 0. The normalized spacial score (nSPS) is 33.1. The molecule has 0 amide bonds. The Morgan fingerprint density at radius 1 is 0.786 bits per heavy atom. The molecule has 2 bridgehead atoms. The number of aliphatic carboxylic acids is 1. The number of carboxylic acid groups (broad SMARTS) is 1. The van der Waals surface area contributed by atoms with Crippen LogP contribution in [0.2, 0.25) is 0 Å². The van der Waals surface area contributed by atoms with Crippen LogP contribution in [0.25, 0.3) is 0 Å². The van der Waals surface area contributed by atoms with Gasteiger partial charge in [0, 0.05) is 69.2 Å². The van der Waals surface area contributed by atoms with Crippen molar-refractivity contribution in [3.63, 3.8) is 0 Å². The first-order chi connectivity index (χ1) is 33.2. The van der Waals surface area contributed by atoms with Gasteiger partial charge in [-0.05, 0) is 61.8 Å². The number of anilines is 1. The first kappa shape index (κ1) is 59.1. The summed E-state index contributed by atoms with van der Waals surface area (Å²) < 4.78 is 17.3. The van der Waals surface area contributed by atoms with Crippen LogP contribution in [-0.4, -0.2) is 127 Å². The zero-order valence-electron chi connectivity index (χ0n) is 40.8. The molecule has 0 aromatic heterocycles. The fourth-order valence-electron chi connectivity index (χ4n) is 8.76. The van der Waals surface area contributed by atoms with Gasteiger partial charge in [0.1, 0.15) is 30.0 Å². The van der Waals surface area contributed by atoms with E-state index in [0.29, 0.717) is 17.7 Å². The molecule has 2 aliphatic rings. The maximum absolute atomic E-state index is 13.2. The number of benzene rings is 1. The van der Waals surface area contributed by atoms with Crippen LogP contribution in [0.1, 0.15) is 108 Å². The number of fused-ring (bicyclic) bond motifs is 2. The quantitative estimate of drug-likeness (QED) is 0.0647. The molecule has 13 unspecified atom stereocenters. The Balaban J connectivity index is 1.76. The number of nitrogens with two attached hydrogens (primary N) is 1. The Hall–Kier alpha value is -5.17. The molecule has 0 radical (unpaired) electrons. The molecule has 2 aliphatic heterocycles. The summed E-state index contributed by atoms with van der Waals surface area (Å²) in [5, 5.41) is 75.2. The Kier molecular flexibility index (Phi) is 25.8. The Morgan fingerprint density at radius 2 is 1.34 bits per heavy atom. The molecular formula is C54H75NO15. The van der Waals surface area contributed by atoms with Crippen LogP contribution in [0.15, 0.2) is 109 Å². The van der Waals surface area contributed by atoms with Crippen LogP contribution in [0.3, 0.4) is 0 Å². The van der Waals surface area contributed by atoms with Crippen LogP contribution >= 0.6 is 0 Å². The number of Topliss-reactive ketones (excluding diaryl/α,β-unsaturated/α-hetero) is 3. The number of aliphatic hydroxyl groups excluding tert-OH is 5. The van der Waals surface area contributed by atoms with Crippen molar-refractivity contribution < 1.29 is 73.9 Å². The molecule has 16 heteroatoms. The van der Waals surface area contributed by atoms with Gasteiger partial charge in [0.25, 0.3) is 0 Å². The number of ketones is 3. The van der Waals surface area contributed by atoms with Gasteiger partial charge in [0.2, 0.25) is 0 Å². The van der Waals surface area contributed by atoms with Crippen LogP contribution in [0, 0.1) is 23.7 Å². The van der Waals surface area contributed by atoms with Crippen LogP contribution < -0.4 is 5.73 Å². The number of rotatable bonds is 9. The molecule has 1 aromatic carbocycles. The summed E-state index contributed by atoms with van der Waals surface area (Å²) in [5.41, 5.74) is 6.70. The number of carboxylic acids is 1. The summed E-state index contributed by atoms with van der Waals surface area (Å²) in [6.45, 7) is 5.58. The number of esters is 1. The van der Waals surface area contributed by atoms with E-state index in [1.54, 1.807) is 54.6 Å². The molecule has 0 aliphatic carbocycles. The predicted molar refractivity (Wildman–Crippen MR) is 264 cm³/mol. The summed E-state index contributed by atoms with van der Waals surface area (Å²) in [6.07, 6.45) is 13.5. The molecule has 1 aromatic rings. The maximum atomic E-state index is 13.2. The molecule has 0 saturated carbocycles. The number of methoxy groups -OCH3 is 1. The summed E-state index contributed by atoms with van der Waals surface area (Å²) in [5.74, 6) is -7.71. The van der Waals surface area contributed by atoms with Gasteiger partial charge < -0.3 is 55.7 Å². The Morgan fingerprint density at radius 3 is 1.93 bits per heavy atom. The smallest absolute Gasteiger partial charge is 0.313 e. The molecule has 2 heterocycles. The van der Waals surface area contributed by atoms with E-state index in [9.17, 15) is 59.7 Å². The maximum Gasteiger partial charge on any atom is 0.313 e. The average molecular weight is 978 g/mol. The third-order valence-electron chi connectivity index (χ3n) is 12.5. The zero-order valence-corrected chi connectivity index (χ0v) is 40.8. The molecular weight excluding hydrogens is 903 g/mol. The highest BCUT2D eigenvalue weighted by atomic mass is 16.6. The van der Waals surface area contributed by atoms with Crippen molar-refractivity contribution in [2.45, 2.75) is 152 Å². The van der Waals surface area contributed by atoms with E-state index in [2.05, 4.69) is 0 Å². The highest BCUT2D eigenvalue weighted by Gasteiger charge is 2.50. The Labute approximate surface area is 411 Å². The van der Waals surface area contributed by atoms with E-state index in [0.717, 1.165) is 0 Å². The molecule has 3 rings (SSSR count). The lowest BCUT2D eigenvalue weighted by Gasteiger charge is -2.44. The van der Waals surface area contributed by atoms with Gasteiger partial charge in [0.05, 0.1) is 42.7 Å². The number of hydrogen-bond acceptors (Lipinski definition) is 15. The molecule has 13 atom stereocenters. The third kappa shape index (κ3) is 21.9. The molecule has 0 spiro atoms.